The highest BCUT2D eigenvalue weighted by atomic mass is 32.1. The molecule has 1 aromatic heterocycles. The van der Waals surface area contributed by atoms with Crippen molar-refractivity contribution < 1.29 is 19.1 Å². The summed E-state index contributed by atoms with van der Waals surface area (Å²) in [6.07, 6.45) is 3.63. The Bertz CT molecular complexity index is 859. The molecule has 2 heterocycles. The number of carbonyl (C=O) groups excluding carboxylic acids is 2. The number of carbonyl (C=O) groups is 2. The Morgan fingerprint density at radius 3 is 2.66 bits per heavy atom. The monoisotopic (exact) mass is 415 g/mol. The SMILES string of the molecule is COc1cc(C(=O)NC2CCN(C(=O)C3CC3)CC2)ccc1OCc1cscn1. The lowest BCUT2D eigenvalue weighted by Crippen LogP contribution is -2.47. The molecule has 1 saturated heterocycles. The number of nitrogens with one attached hydrogen (secondary N) is 1. The first-order valence-electron chi connectivity index (χ1n) is 9.91. The van der Waals surface area contributed by atoms with Gasteiger partial charge in [-0.3, -0.25) is 9.59 Å². The highest BCUT2D eigenvalue weighted by molar-refractivity contribution is 7.07. The number of ether oxygens (including phenoxy) is 2. The summed E-state index contributed by atoms with van der Waals surface area (Å²) in [6.45, 7) is 1.78. The van der Waals surface area contributed by atoms with Gasteiger partial charge in [-0.1, -0.05) is 0 Å². The first-order valence-corrected chi connectivity index (χ1v) is 10.9. The van der Waals surface area contributed by atoms with Gasteiger partial charge in [0.1, 0.15) is 6.61 Å². The normalized spacial score (nSPS) is 17.1. The van der Waals surface area contributed by atoms with Crippen molar-refractivity contribution in [3.05, 3.63) is 40.3 Å². The summed E-state index contributed by atoms with van der Waals surface area (Å²) >= 11 is 1.52. The molecule has 2 amide bonds. The number of benzene rings is 1. The smallest absolute Gasteiger partial charge is 0.251 e. The highest BCUT2D eigenvalue weighted by Crippen LogP contribution is 2.32. The van der Waals surface area contributed by atoms with Gasteiger partial charge < -0.3 is 19.7 Å². The molecule has 2 aliphatic rings. The number of amides is 2. The van der Waals surface area contributed by atoms with Crippen molar-refractivity contribution in [3.8, 4) is 11.5 Å². The Kier molecular flexibility index (Phi) is 5.99. The zero-order valence-corrected chi connectivity index (χ0v) is 17.2. The van der Waals surface area contributed by atoms with E-state index in [4.69, 9.17) is 9.47 Å². The lowest BCUT2D eigenvalue weighted by atomic mass is 10.0. The lowest BCUT2D eigenvalue weighted by molar-refractivity contribution is -0.133. The molecule has 7 nitrogen and oxygen atoms in total. The van der Waals surface area contributed by atoms with Gasteiger partial charge in [0.05, 0.1) is 18.3 Å². The van der Waals surface area contributed by atoms with Gasteiger partial charge in [-0.15, -0.1) is 11.3 Å². The fourth-order valence-corrected chi connectivity index (χ4v) is 4.03. The molecule has 2 fully saturated rings. The molecule has 1 aliphatic carbocycles. The van der Waals surface area contributed by atoms with Gasteiger partial charge in [-0.05, 0) is 43.9 Å². The van der Waals surface area contributed by atoms with E-state index in [0.717, 1.165) is 31.4 Å². The van der Waals surface area contributed by atoms with E-state index in [-0.39, 0.29) is 23.8 Å². The number of nitrogens with zero attached hydrogens (tertiary/aromatic N) is 2. The van der Waals surface area contributed by atoms with Gasteiger partial charge in [-0.2, -0.15) is 0 Å². The van der Waals surface area contributed by atoms with E-state index in [9.17, 15) is 9.59 Å². The topological polar surface area (TPSA) is 80.8 Å². The van der Waals surface area contributed by atoms with Crippen LogP contribution in [0.5, 0.6) is 11.5 Å². The molecule has 154 valence electrons. The molecular formula is C21H25N3O4S. The number of piperidine rings is 1. The Balaban J connectivity index is 1.31. The average Bonchev–Trinajstić information content (AvgIpc) is 3.47. The molecule has 1 N–H and O–H groups in total. The van der Waals surface area contributed by atoms with Crippen LogP contribution in [0.1, 0.15) is 41.7 Å². The van der Waals surface area contributed by atoms with Gasteiger partial charge in [0.2, 0.25) is 5.91 Å². The molecule has 0 atom stereocenters. The molecule has 1 aliphatic heterocycles. The Morgan fingerprint density at radius 2 is 2.00 bits per heavy atom. The zero-order chi connectivity index (χ0) is 20.2. The van der Waals surface area contributed by atoms with Crippen molar-refractivity contribution in [1.29, 1.82) is 0 Å². The molecule has 8 heteroatoms. The number of hydrogen-bond donors (Lipinski definition) is 1. The maximum atomic E-state index is 12.7. The standard InChI is InChI=1S/C21H25N3O4S/c1-27-19-10-15(4-5-18(19)28-11-17-12-29-13-22-17)20(25)23-16-6-8-24(9-7-16)21(26)14-2-3-14/h4-5,10,12-14,16H,2-3,6-9,11H2,1H3,(H,23,25). The summed E-state index contributed by atoms with van der Waals surface area (Å²) in [7, 11) is 1.55. The number of aromatic nitrogens is 1. The maximum absolute atomic E-state index is 12.7. The van der Waals surface area contributed by atoms with Gasteiger partial charge in [0.25, 0.3) is 5.91 Å². The molecule has 0 bridgehead atoms. The molecule has 2 aromatic rings. The van der Waals surface area contributed by atoms with Crippen LogP contribution in [0.2, 0.25) is 0 Å². The fraction of sp³-hybridized carbons (Fsp3) is 0.476. The van der Waals surface area contributed by atoms with E-state index in [2.05, 4.69) is 10.3 Å². The summed E-state index contributed by atoms with van der Waals surface area (Å²) in [6, 6.07) is 5.26. The van der Waals surface area contributed by atoms with Crippen LogP contribution in [0, 0.1) is 5.92 Å². The molecule has 29 heavy (non-hydrogen) atoms. The summed E-state index contributed by atoms with van der Waals surface area (Å²) in [5.41, 5.74) is 3.14. The summed E-state index contributed by atoms with van der Waals surface area (Å²) in [5.74, 6) is 1.49. The molecule has 0 unspecified atom stereocenters. The van der Waals surface area contributed by atoms with Gasteiger partial charge >= 0.3 is 0 Å². The van der Waals surface area contributed by atoms with E-state index < -0.39 is 0 Å². The van der Waals surface area contributed by atoms with Crippen LogP contribution >= 0.6 is 11.3 Å². The maximum Gasteiger partial charge on any atom is 0.251 e. The minimum absolute atomic E-state index is 0.0809. The second-order valence-corrected chi connectivity index (χ2v) is 8.20. The van der Waals surface area contributed by atoms with Crippen LogP contribution in [0.25, 0.3) is 0 Å². The van der Waals surface area contributed by atoms with Crippen molar-refractivity contribution in [3.63, 3.8) is 0 Å². The zero-order valence-electron chi connectivity index (χ0n) is 16.4. The predicted octanol–water partition coefficient (Wildman–Crippen LogP) is 2.86. The second kappa shape index (κ2) is 8.82. The minimum Gasteiger partial charge on any atom is -0.493 e. The molecule has 0 radical (unpaired) electrons. The minimum atomic E-state index is -0.138. The van der Waals surface area contributed by atoms with E-state index in [1.165, 1.54) is 11.3 Å². The predicted molar refractivity (Wildman–Crippen MR) is 109 cm³/mol. The average molecular weight is 416 g/mol. The van der Waals surface area contributed by atoms with Crippen LogP contribution < -0.4 is 14.8 Å². The molecule has 1 saturated carbocycles. The quantitative estimate of drug-likeness (QED) is 0.752. The van der Waals surface area contributed by atoms with Crippen LogP contribution in [-0.4, -0.2) is 47.9 Å². The van der Waals surface area contributed by atoms with Crippen LogP contribution in [0.3, 0.4) is 0 Å². The largest absolute Gasteiger partial charge is 0.493 e. The number of methoxy groups -OCH3 is 1. The molecule has 1 aromatic carbocycles. The van der Waals surface area contributed by atoms with Crippen molar-refractivity contribution in [2.75, 3.05) is 20.2 Å². The third-order valence-electron chi connectivity index (χ3n) is 5.35. The van der Waals surface area contributed by atoms with Crippen LogP contribution in [0.4, 0.5) is 0 Å². The number of rotatable bonds is 7. The van der Waals surface area contributed by atoms with Crippen molar-refractivity contribution in [1.82, 2.24) is 15.2 Å². The first-order chi connectivity index (χ1) is 14.1. The third-order valence-corrected chi connectivity index (χ3v) is 5.99. The van der Waals surface area contributed by atoms with Crippen molar-refractivity contribution in [2.24, 2.45) is 5.92 Å². The van der Waals surface area contributed by atoms with Crippen LogP contribution in [-0.2, 0) is 11.4 Å². The number of thiazole rings is 1. The van der Waals surface area contributed by atoms with Crippen LogP contribution in [0.15, 0.2) is 29.1 Å². The summed E-state index contributed by atoms with van der Waals surface area (Å²) in [4.78, 5) is 31.0. The van der Waals surface area contributed by atoms with E-state index in [0.29, 0.717) is 36.8 Å². The summed E-state index contributed by atoms with van der Waals surface area (Å²) in [5, 5.41) is 5.01. The van der Waals surface area contributed by atoms with E-state index in [1.807, 2.05) is 10.3 Å². The number of likely N-dealkylation sites (tertiary alicyclic amines) is 1. The fourth-order valence-electron chi connectivity index (χ4n) is 3.49. The van der Waals surface area contributed by atoms with Gasteiger partial charge in [0.15, 0.2) is 11.5 Å². The highest BCUT2D eigenvalue weighted by Gasteiger charge is 2.35. The Labute approximate surface area is 174 Å². The summed E-state index contributed by atoms with van der Waals surface area (Å²) < 4.78 is 11.2. The van der Waals surface area contributed by atoms with E-state index in [1.54, 1.807) is 30.8 Å². The molecular weight excluding hydrogens is 390 g/mol. The second-order valence-electron chi connectivity index (χ2n) is 7.48. The van der Waals surface area contributed by atoms with Gasteiger partial charge in [0, 0.05) is 36.0 Å². The number of hydrogen-bond acceptors (Lipinski definition) is 6. The Morgan fingerprint density at radius 1 is 1.21 bits per heavy atom. The molecule has 0 spiro atoms. The third kappa shape index (κ3) is 4.87. The van der Waals surface area contributed by atoms with E-state index >= 15 is 0 Å². The lowest BCUT2D eigenvalue weighted by Gasteiger charge is -2.32. The van der Waals surface area contributed by atoms with Gasteiger partial charge in [-0.25, -0.2) is 4.98 Å². The van der Waals surface area contributed by atoms with Crippen molar-refractivity contribution in [2.45, 2.75) is 38.3 Å². The Hall–Kier alpha value is -2.61. The van der Waals surface area contributed by atoms with Crippen molar-refractivity contribution >= 4 is 23.2 Å². The molecule has 4 rings (SSSR count). The first kappa shape index (κ1) is 19.7.